The Balaban J connectivity index is 3.54. The SMILES string of the molecule is [B]C(CCC)C(C)CCC(C)CC. The molecule has 0 aromatic heterocycles. The van der Waals surface area contributed by atoms with Gasteiger partial charge < -0.3 is 0 Å². The minimum Gasteiger partial charge on any atom is -0.0749 e. The highest BCUT2D eigenvalue weighted by molar-refractivity contribution is 6.11. The molecule has 0 nitrogen and oxygen atoms in total. The van der Waals surface area contributed by atoms with Gasteiger partial charge in [-0.1, -0.05) is 65.6 Å². The third-order valence-electron chi connectivity index (χ3n) is 3.16. The van der Waals surface area contributed by atoms with Crippen molar-refractivity contribution in [2.75, 3.05) is 0 Å². The molecule has 0 amide bonds. The number of hydrogen-bond donors (Lipinski definition) is 0. The van der Waals surface area contributed by atoms with Crippen LogP contribution in [-0.2, 0) is 0 Å². The van der Waals surface area contributed by atoms with Crippen molar-refractivity contribution in [1.29, 1.82) is 0 Å². The fourth-order valence-corrected chi connectivity index (χ4v) is 1.58. The van der Waals surface area contributed by atoms with Gasteiger partial charge in [-0.05, 0) is 11.8 Å². The molecule has 0 saturated carbocycles. The van der Waals surface area contributed by atoms with Gasteiger partial charge in [-0.2, -0.15) is 0 Å². The number of hydrogen-bond acceptors (Lipinski definition) is 0. The van der Waals surface area contributed by atoms with Gasteiger partial charge >= 0.3 is 0 Å². The van der Waals surface area contributed by atoms with E-state index < -0.39 is 0 Å². The van der Waals surface area contributed by atoms with Crippen molar-refractivity contribution in [3.05, 3.63) is 0 Å². The van der Waals surface area contributed by atoms with Crippen LogP contribution in [0.3, 0.4) is 0 Å². The fourth-order valence-electron chi connectivity index (χ4n) is 1.58. The summed E-state index contributed by atoms with van der Waals surface area (Å²) in [7, 11) is 6.06. The lowest BCUT2D eigenvalue weighted by Crippen LogP contribution is -2.07. The first-order chi connectivity index (χ1) is 6.11. The van der Waals surface area contributed by atoms with Crippen LogP contribution in [-0.4, -0.2) is 7.85 Å². The second-order valence-corrected chi connectivity index (χ2v) is 4.52. The van der Waals surface area contributed by atoms with Gasteiger partial charge in [-0.15, -0.1) is 0 Å². The molecule has 0 bridgehead atoms. The Morgan fingerprint density at radius 1 is 1.00 bits per heavy atom. The zero-order valence-electron chi connectivity index (χ0n) is 9.84. The van der Waals surface area contributed by atoms with E-state index in [-0.39, 0.29) is 0 Å². The van der Waals surface area contributed by atoms with E-state index >= 15 is 0 Å². The second-order valence-electron chi connectivity index (χ2n) is 4.52. The summed E-state index contributed by atoms with van der Waals surface area (Å²) in [6.45, 7) is 9.10. The van der Waals surface area contributed by atoms with Crippen LogP contribution in [0.25, 0.3) is 0 Å². The van der Waals surface area contributed by atoms with Gasteiger partial charge in [0.2, 0.25) is 0 Å². The Hall–Kier alpha value is 0.0649. The molecule has 3 unspecified atom stereocenters. The van der Waals surface area contributed by atoms with Crippen molar-refractivity contribution >= 4 is 7.85 Å². The van der Waals surface area contributed by atoms with E-state index in [1.807, 2.05) is 0 Å². The topological polar surface area (TPSA) is 0 Å². The molecule has 0 N–H and O–H groups in total. The van der Waals surface area contributed by atoms with Gasteiger partial charge in [0, 0.05) is 0 Å². The Morgan fingerprint density at radius 3 is 2.08 bits per heavy atom. The summed E-state index contributed by atoms with van der Waals surface area (Å²) in [6.07, 6.45) is 6.34. The minimum atomic E-state index is 0.425. The maximum Gasteiger partial charge on any atom is 0.0703 e. The molecule has 0 heterocycles. The van der Waals surface area contributed by atoms with Crippen molar-refractivity contribution in [2.24, 2.45) is 11.8 Å². The molecule has 0 rings (SSSR count). The first-order valence-electron chi connectivity index (χ1n) is 5.87. The van der Waals surface area contributed by atoms with E-state index in [4.69, 9.17) is 7.85 Å². The summed E-state index contributed by atoms with van der Waals surface area (Å²) in [5.41, 5.74) is 0. The first kappa shape index (κ1) is 13.1. The standard InChI is InChI=1S/C12H25B/c1-5-7-12(13)11(4)9-8-10(3)6-2/h10-12H,5-9H2,1-4H3. The van der Waals surface area contributed by atoms with Crippen LogP contribution >= 0.6 is 0 Å². The van der Waals surface area contributed by atoms with Crippen molar-refractivity contribution < 1.29 is 0 Å². The molecule has 0 spiro atoms. The minimum absolute atomic E-state index is 0.425. The Kier molecular flexibility index (Phi) is 7.50. The summed E-state index contributed by atoms with van der Waals surface area (Å²) in [5, 5.41) is 0. The van der Waals surface area contributed by atoms with E-state index in [0.717, 1.165) is 5.92 Å². The average Bonchev–Trinajstić information content (AvgIpc) is 2.13. The Morgan fingerprint density at radius 2 is 1.62 bits per heavy atom. The summed E-state index contributed by atoms with van der Waals surface area (Å²) < 4.78 is 0. The lowest BCUT2D eigenvalue weighted by atomic mass is 9.72. The summed E-state index contributed by atoms with van der Waals surface area (Å²) >= 11 is 0. The first-order valence-corrected chi connectivity index (χ1v) is 5.87. The van der Waals surface area contributed by atoms with Gasteiger partial charge in [0.15, 0.2) is 0 Å². The fraction of sp³-hybridized carbons (Fsp3) is 1.00. The summed E-state index contributed by atoms with van der Waals surface area (Å²) in [5.74, 6) is 2.00. The molecule has 0 aromatic rings. The van der Waals surface area contributed by atoms with Crippen LogP contribution in [0.15, 0.2) is 0 Å². The maximum atomic E-state index is 6.06. The lowest BCUT2D eigenvalue weighted by molar-refractivity contribution is 0.398. The molecule has 1 heteroatoms. The molecular formula is C12H25B. The zero-order valence-corrected chi connectivity index (χ0v) is 9.84. The van der Waals surface area contributed by atoms with Gasteiger partial charge in [0.1, 0.15) is 0 Å². The van der Waals surface area contributed by atoms with Crippen LogP contribution in [0.2, 0.25) is 5.82 Å². The Bertz CT molecular complexity index is 112. The molecule has 0 fully saturated rings. The number of rotatable bonds is 7. The lowest BCUT2D eigenvalue weighted by Gasteiger charge is -2.21. The highest BCUT2D eigenvalue weighted by atomic mass is 14.1. The molecule has 76 valence electrons. The van der Waals surface area contributed by atoms with Gasteiger partial charge in [-0.3, -0.25) is 0 Å². The van der Waals surface area contributed by atoms with Gasteiger partial charge in [-0.25, -0.2) is 0 Å². The van der Waals surface area contributed by atoms with E-state index in [1.165, 1.54) is 32.1 Å². The predicted molar refractivity (Wildman–Crippen MR) is 62.3 cm³/mol. The monoisotopic (exact) mass is 180 g/mol. The molecule has 0 aliphatic carbocycles. The molecule has 3 atom stereocenters. The third kappa shape index (κ3) is 6.18. The molecule has 13 heavy (non-hydrogen) atoms. The van der Waals surface area contributed by atoms with E-state index in [9.17, 15) is 0 Å². The summed E-state index contributed by atoms with van der Waals surface area (Å²) in [4.78, 5) is 0. The van der Waals surface area contributed by atoms with Crippen LogP contribution in [0.5, 0.6) is 0 Å². The largest absolute Gasteiger partial charge is 0.0749 e. The Labute approximate surface area is 85.9 Å². The summed E-state index contributed by atoms with van der Waals surface area (Å²) in [6, 6.07) is 0. The maximum absolute atomic E-state index is 6.06. The smallest absolute Gasteiger partial charge is 0.0703 e. The van der Waals surface area contributed by atoms with E-state index in [0.29, 0.717) is 11.7 Å². The highest BCUT2D eigenvalue weighted by Gasteiger charge is 2.11. The predicted octanol–water partition coefficient (Wildman–Crippen LogP) is 4.21. The highest BCUT2D eigenvalue weighted by Crippen LogP contribution is 2.26. The van der Waals surface area contributed by atoms with Crippen LogP contribution in [0.4, 0.5) is 0 Å². The van der Waals surface area contributed by atoms with Crippen molar-refractivity contribution in [2.45, 2.75) is 65.6 Å². The quantitative estimate of drug-likeness (QED) is 0.515. The van der Waals surface area contributed by atoms with Crippen LogP contribution < -0.4 is 0 Å². The third-order valence-corrected chi connectivity index (χ3v) is 3.16. The van der Waals surface area contributed by atoms with Crippen molar-refractivity contribution in [3.8, 4) is 0 Å². The van der Waals surface area contributed by atoms with Gasteiger partial charge in [0.05, 0.1) is 7.85 Å². The molecule has 0 saturated heterocycles. The average molecular weight is 180 g/mol. The van der Waals surface area contributed by atoms with Crippen molar-refractivity contribution in [3.63, 3.8) is 0 Å². The van der Waals surface area contributed by atoms with Crippen LogP contribution in [0, 0.1) is 11.8 Å². The van der Waals surface area contributed by atoms with E-state index in [2.05, 4.69) is 27.7 Å². The van der Waals surface area contributed by atoms with Crippen LogP contribution in [0.1, 0.15) is 59.8 Å². The molecule has 0 aromatic carbocycles. The molecule has 0 aliphatic heterocycles. The normalized spacial score (nSPS) is 18.2. The van der Waals surface area contributed by atoms with Gasteiger partial charge in [0.25, 0.3) is 0 Å². The molecule has 2 radical (unpaired) electrons. The second kappa shape index (κ2) is 7.47. The molecule has 0 aliphatic rings. The molecular weight excluding hydrogens is 155 g/mol. The zero-order chi connectivity index (χ0) is 10.3. The van der Waals surface area contributed by atoms with E-state index in [1.54, 1.807) is 0 Å². The van der Waals surface area contributed by atoms with Crippen molar-refractivity contribution in [1.82, 2.24) is 0 Å².